The Labute approximate surface area is 136 Å². The van der Waals surface area contributed by atoms with Gasteiger partial charge in [-0.2, -0.15) is 0 Å². The maximum absolute atomic E-state index is 10.0. The average Bonchev–Trinajstić information content (AvgIpc) is 3.08. The molecule has 1 aliphatic rings. The number of hydrogen-bond donors (Lipinski definition) is 5. The molecule has 13 heteroatoms. The lowest BCUT2D eigenvalue weighted by atomic mass is 10.1. The van der Waals surface area contributed by atoms with Gasteiger partial charge in [-0.25, -0.2) is 15.0 Å². The number of aromatic nitrogens is 4. The molecule has 1 saturated heterocycles. The highest BCUT2D eigenvalue weighted by Crippen LogP contribution is 2.33. The molecule has 2 aromatic heterocycles. The van der Waals surface area contributed by atoms with E-state index in [9.17, 15) is 10.2 Å². The number of nitrogens with two attached hydrogens (primary N) is 1. The normalized spacial score (nSPS) is 26.2. The van der Waals surface area contributed by atoms with E-state index in [0.29, 0.717) is 11.2 Å². The fraction of sp³-hybridized carbons (Fsp3) is 0.545. The molecule has 0 aromatic carbocycles. The molecule has 24 heavy (non-hydrogen) atoms. The SMILES string of the molecule is CO[C@@H]1[C@H](O)[C@@H](CO)O[C@H]1n1cnc2c(N)ncnc21.O=[P+](O)O. The van der Waals surface area contributed by atoms with E-state index in [1.54, 1.807) is 4.57 Å². The summed E-state index contributed by atoms with van der Waals surface area (Å²) in [6.45, 7) is -0.304. The van der Waals surface area contributed by atoms with Crippen molar-refractivity contribution in [1.29, 1.82) is 0 Å². The maximum atomic E-state index is 10.0. The first-order valence-electron chi connectivity index (χ1n) is 6.65. The summed E-state index contributed by atoms with van der Waals surface area (Å²) < 4.78 is 21.2. The van der Waals surface area contributed by atoms with Gasteiger partial charge in [0.2, 0.25) is 0 Å². The third-order valence-corrected chi connectivity index (χ3v) is 3.43. The second-order valence-electron chi connectivity index (χ2n) is 4.77. The number of nitrogens with zero attached hydrogens (tertiary/aromatic N) is 4. The lowest BCUT2D eigenvalue weighted by Crippen LogP contribution is -2.34. The molecule has 0 radical (unpaired) electrons. The standard InChI is InChI=1S/C11H15N5O4.HO3P/c1-19-8-7(18)5(2-17)20-11(8)16-4-15-6-9(12)13-3-14-10(6)16;1-4(2)3/h3-5,7-8,11,17-18H,2H2,1H3,(H2,12,13,14);(H-,1,2,3)/p+1/t5-,7-,8-,11-;/m1./s1. The molecule has 0 spiro atoms. The zero-order valence-corrected chi connectivity index (χ0v) is 13.4. The Balaban J connectivity index is 0.000000471. The highest BCUT2D eigenvalue weighted by molar-refractivity contribution is 7.30. The van der Waals surface area contributed by atoms with Crippen LogP contribution in [0.5, 0.6) is 0 Å². The van der Waals surface area contributed by atoms with Crippen molar-refractivity contribution in [2.24, 2.45) is 0 Å². The first kappa shape index (κ1) is 18.5. The molecule has 0 bridgehead atoms. The van der Waals surface area contributed by atoms with Crippen LogP contribution in [0.3, 0.4) is 0 Å². The molecule has 1 aliphatic heterocycles. The van der Waals surface area contributed by atoms with E-state index in [2.05, 4.69) is 15.0 Å². The summed E-state index contributed by atoms with van der Waals surface area (Å²) in [6.07, 6.45) is -0.119. The Bertz CT molecular complexity index is 709. The third kappa shape index (κ3) is 3.65. The largest absolute Gasteiger partial charge is 0.692 e. The van der Waals surface area contributed by atoms with Crippen LogP contribution in [0.25, 0.3) is 11.2 Å². The molecule has 0 unspecified atom stereocenters. The quantitative estimate of drug-likeness (QED) is 0.392. The fourth-order valence-electron chi connectivity index (χ4n) is 2.40. The number of fused-ring (bicyclic) bond motifs is 1. The second kappa shape index (κ2) is 7.85. The summed E-state index contributed by atoms with van der Waals surface area (Å²) >= 11 is 0. The molecule has 4 atom stereocenters. The number of aliphatic hydroxyl groups is 2. The van der Waals surface area contributed by atoms with E-state index in [1.807, 2.05) is 0 Å². The maximum Gasteiger partial charge on any atom is 0.692 e. The van der Waals surface area contributed by atoms with Crippen LogP contribution in [0.2, 0.25) is 0 Å². The van der Waals surface area contributed by atoms with Gasteiger partial charge in [-0.3, -0.25) is 4.57 Å². The topological polar surface area (TPSA) is 186 Å². The summed E-state index contributed by atoms with van der Waals surface area (Å²) in [5.74, 6) is 0.264. The van der Waals surface area contributed by atoms with Crippen LogP contribution in [0, 0.1) is 0 Å². The van der Waals surface area contributed by atoms with Gasteiger partial charge in [0.1, 0.15) is 30.2 Å². The van der Waals surface area contributed by atoms with Gasteiger partial charge >= 0.3 is 8.25 Å². The van der Waals surface area contributed by atoms with Crippen LogP contribution in [-0.2, 0) is 14.0 Å². The molecule has 1 fully saturated rings. The van der Waals surface area contributed by atoms with Crippen LogP contribution in [-0.4, -0.2) is 71.5 Å². The van der Waals surface area contributed by atoms with Crippen molar-refractivity contribution in [3.63, 3.8) is 0 Å². The smallest absolute Gasteiger partial charge is 0.394 e. The number of hydrogen-bond acceptors (Lipinski definition) is 9. The molecule has 132 valence electrons. The van der Waals surface area contributed by atoms with E-state index >= 15 is 0 Å². The van der Waals surface area contributed by atoms with Gasteiger partial charge in [0.05, 0.1) is 12.9 Å². The summed E-state index contributed by atoms with van der Waals surface area (Å²) in [5, 5.41) is 19.3. The van der Waals surface area contributed by atoms with Gasteiger partial charge in [-0.05, 0) is 0 Å². The fourth-order valence-corrected chi connectivity index (χ4v) is 2.40. The molecule has 3 rings (SSSR count). The van der Waals surface area contributed by atoms with Crippen LogP contribution < -0.4 is 5.73 Å². The van der Waals surface area contributed by atoms with E-state index in [4.69, 9.17) is 29.6 Å². The van der Waals surface area contributed by atoms with Crippen LogP contribution in [0.15, 0.2) is 12.7 Å². The minimum absolute atomic E-state index is 0.264. The number of aliphatic hydroxyl groups excluding tert-OH is 2. The number of anilines is 1. The predicted molar refractivity (Wildman–Crippen MR) is 79.6 cm³/mol. The Morgan fingerprint density at radius 3 is 2.67 bits per heavy atom. The van der Waals surface area contributed by atoms with E-state index in [1.165, 1.54) is 19.8 Å². The van der Waals surface area contributed by atoms with Gasteiger partial charge in [0.15, 0.2) is 17.7 Å². The number of nitrogen functional groups attached to an aromatic ring is 1. The van der Waals surface area contributed by atoms with Crippen molar-refractivity contribution in [3.8, 4) is 0 Å². The van der Waals surface area contributed by atoms with Crippen molar-refractivity contribution in [2.75, 3.05) is 19.5 Å². The zero-order chi connectivity index (χ0) is 17.9. The van der Waals surface area contributed by atoms with E-state index in [0.717, 1.165) is 0 Å². The summed E-state index contributed by atoms with van der Waals surface area (Å²) in [4.78, 5) is 26.4. The number of imidazole rings is 1. The minimum Gasteiger partial charge on any atom is -0.394 e. The molecule has 0 saturated carbocycles. The Morgan fingerprint density at radius 2 is 2.08 bits per heavy atom. The Kier molecular flexibility index (Phi) is 6.07. The molecule has 6 N–H and O–H groups in total. The minimum atomic E-state index is -2.87. The molecule has 3 heterocycles. The first-order chi connectivity index (χ1) is 11.4. The molecule has 12 nitrogen and oxygen atoms in total. The Morgan fingerprint density at radius 1 is 1.42 bits per heavy atom. The lowest BCUT2D eigenvalue weighted by Gasteiger charge is -2.19. The third-order valence-electron chi connectivity index (χ3n) is 3.43. The second-order valence-corrected chi connectivity index (χ2v) is 5.28. The first-order valence-corrected chi connectivity index (χ1v) is 7.82. The number of methoxy groups -OCH3 is 1. The van der Waals surface area contributed by atoms with Gasteiger partial charge < -0.3 is 25.4 Å². The number of ether oxygens (including phenoxy) is 2. The van der Waals surface area contributed by atoms with Crippen LogP contribution >= 0.6 is 8.25 Å². The van der Waals surface area contributed by atoms with E-state index in [-0.39, 0.29) is 12.4 Å². The molecular weight excluding hydrogens is 345 g/mol. The molecule has 0 aliphatic carbocycles. The average molecular weight is 362 g/mol. The summed E-state index contributed by atoms with van der Waals surface area (Å²) in [7, 11) is -1.41. The zero-order valence-electron chi connectivity index (χ0n) is 12.5. The van der Waals surface area contributed by atoms with Crippen molar-refractivity contribution in [2.45, 2.75) is 24.5 Å². The summed E-state index contributed by atoms with van der Waals surface area (Å²) in [5.41, 5.74) is 6.66. The van der Waals surface area contributed by atoms with Gasteiger partial charge in [-0.15, -0.1) is 9.79 Å². The highest BCUT2D eigenvalue weighted by Gasteiger charge is 2.45. The van der Waals surface area contributed by atoms with Gasteiger partial charge in [0.25, 0.3) is 0 Å². The monoisotopic (exact) mass is 362 g/mol. The predicted octanol–water partition coefficient (Wildman–Crippen LogP) is -1.70. The van der Waals surface area contributed by atoms with Crippen molar-refractivity contribution in [1.82, 2.24) is 19.5 Å². The Hall–Kier alpha value is -1.79. The molecule has 2 aromatic rings. The van der Waals surface area contributed by atoms with Crippen LogP contribution in [0.1, 0.15) is 6.23 Å². The van der Waals surface area contributed by atoms with Crippen molar-refractivity contribution in [3.05, 3.63) is 12.7 Å². The van der Waals surface area contributed by atoms with Crippen molar-refractivity contribution < 1.29 is 34.0 Å². The summed E-state index contributed by atoms with van der Waals surface area (Å²) in [6, 6.07) is 0. The van der Waals surface area contributed by atoms with Crippen molar-refractivity contribution >= 4 is 25.2 Å². The molecular formula is C11H17N5O7P+. The molecule has 0 amide bonds. The number of rotatable bonds is 3. The van der Waals surface area contributed by atoms with Gasteiger partial charge in [0, 0.05) is 11.7 Å². The highest BCUT2D eigenvalue weighted by atomic mass is 31.1. The lowest BCUT2D eigenvalue weighted by molar-refractivity contribution is -0.0583. The van der Waals surface area contributed by atoms with Crippen LogP contribution in [0.4, 0.5) is 5.82 Å². The van der Waals surface area contributed by atoms with E-state index < -0.39 is 32.8 Å². The van der Waals surface area contributed by atoms with Gasteiger partial charge in [-0.1, -0.05) is 0 Å².